The van der Waals surface area contributed by atoms with Gasteiger partial charge in [-0.2, -0.15) is 18.3 Å². The maximum Gasteiger partial charge on any atom is 0.436 e. The Kier molecular flexibility index (Phi) is 7.39. The lowest BCUT2D eigenvalue weighted by molar-refractivity contribution is -0.384. The van der Waals surface area contributed by atoms with Crippen molar-refractivity contribution in [3.05, 3.63) is 73.5 Å². The number of rotatable bonds is 7. The molecule has 0 spiro atoms. The van der Waals surface area contributed by atoms with Crippen LogP contribution in [-0.4, -0.2) is 20.6 Å². The van der Waals surface area contributed by atoms with Gasteiger partial charge in [0.2, 0.25) is 5.91 Å². The summed E-state index contributed by atoms with van der Waals surface area (Å²) in [4.78, 5) is 23.2. The number of halogens is 4. The molecule has 0 aliphatic heterocycles. The summed E-state index contributed by atoms with van der Waals surface area (Å²) in [6, 6.07) is 7.61. The number of nitro groups is 1. The van der Waals surface area contributed by atoms with Crippen molar-refractivity contribution < 1.29 is 27.6 Å². The number of aryl methyl sites for hydroxylation is 3. The highest BCUT2D eigenvalue weighted by Crippen LogP contribution is 2.36. The number of anilines is 1. The van der Waals surface area contributed by atoms with Crippen molar-refractivity contribution in [2.75, 3.05) is 5.32 Å². The molecule has 3 rings (SSSR count). The molecule has 1 N–H and O–H groups in total. The molecule has 186 valence electrons. The quantitative estimate of drug-likeness (QED) is 0.288. The number of hydrogen-bond donors (Lipinski definition) is 1. The van der Waals surface area contributed by atoms with E-state index in [0.717, 1.165) is 27.4 Å². The molecular formula is C23H22ClF3N4O4. The van der Waals surface area contributed by atoms with Gasteiger partial charge in [0.1, 0.15) is 11.5 Å². The Bertz CT molecular complexity index is 1300. The van der Waals surface area contributed by atoms with Gasteiger partial charge in [-0.25, -0.2) is 0 Å². The van der Waals surface area contributed by atoms with E-state index in [0.29, 0.717) is 5.75 Å². The van der Waals surface area contributed by atoms with Crippen LogP contribution in [0.25, 0.3) is 0 Å². The minimum atomic E-state index is -4.72. The Morgan fingerprint density at radius 2 is 1.86 bits per heavy atom. The largest absolute Gasteiger partial charge is 0.457 e. The van der Waals surface area contributed by atoms with Crippen LogP contribution in [0.15, 0.2) is 30.3 Å². The molecule has 3 aromatic rings. The van der Waals surface area contributed by atoms with Crippen molar-refractivity contribution in [2.45, 2.75) is 46.8 Å². The number of non-ortho nitro benzene ring substituents is 1. The van der Waals surface area contributed by atoms with Crippen molar-refractivity contribution in [2.24, 2.45) is 0 Å². The predicted molar refractivity (Wildman–Crippen MR) is 124 cm³/mol. The SMILES string of the molecule is Cc1cc(C)c(C)c(Oc2cc(NC(=O)CCn3nc(C(F)(F)F)c(Cl)c3C)cc([N+](=O)[O-])c2)c1. The average Bonchev–Trinajstić information content (AvgIpc) is 3.04. The van der Waals surface area contributed by atoms with Gasteiger partial charge in [-0.05, 0) is 50.5 Å². The molecule has 12 heteroatoms. The van der Waals surface area contributed by atoms with Gasteiger partial charge < -0.3 is 10.1 Å². The third kappa shape index (κ3) is 6.10. The number of nitro benzene ring substituents is 1. The summed E-state index contributed by atoms with van der Waals surface area (Å²) in [7, 11) is 0. The molecule has 1 heterocycles. The van der Waals surface area contributed by atoms with Crippen molar-refractivity contribution in [1.29, 1.82) is 0 Å². The normalized spacial score (nSPS) is 11.4. The standard InChI is InChI=1S/C23H22ClF3N4O4/c1-12-7-13(2)14(3)19(8-12)35-18-10-16(9-17(11-18)31(33)34)28-20(32)5-6-30-15(4)21(24)22(29-30)23(25,26)27/h7-11H,5-6H2,1-4H3,(H,28,32). The van der Waals surface area contributed by atoms with E-state index in [4.69, 9.17) is 16.3 Å². The number of ether oxygens (including phenoxy) is 1. The number of alkyl halides is 3. The fraction of sp³-hybridized carbons (Fsp3) is 0.304. The first-order chi connectivity index (χ1) is 16.3. The molecule has 0 unspecified atom stereocenters. The molecular weight excluding hydrogens is 489 g/mol. The topological polar surface area (TPSA) is 99.3 Å². The monoisotopic (exact) mass is 510 g/mol. The van der Waals surface area contributed by atoms with E-state index in [-0.39, 0.29) is 35.8 Å². The molecule has 1 aromatic heterocycles. The molecule has 2 aromatic carbocycles. The molecule has 0 saturated heterocycles. The number of nitrogens with zero attached hydrogens (tertiary/aromatic N) is 3. The second kappa shape index (κ2) is 9.95. The summed E-state index contributed by atoms with van der Waals surface area (Å²) in [6.07, 6.45) is -4.96. The van der Waals surface area contributed by atoms with Crippen LogP contribution >= 0.6 is 11.6 Å². The van der Waals surface area contributed by atoms with E-state index < -0.39 is 27.7 Å². The van der Waals surface area contributed by atoms with Crippen LogP contribution in [0.1, 0.15) is 34.5 Å². The van der Waals surface area contributed by atoms with Crippen LogP contribution in [-0.2, 0) is 17.5 Å². The first kappa shape index (κ1) is 26.0. The Hall–Kier alpha value is -3.60. The molecule has 0 aliphatic rings. The minimum Gasteiger partial charge on any atom is -0.457 e. The van der Waals surface area contributed by atoms with Crippen LogP contribution in [0.5, 0.6) is 11.5 Å². The smallest absolute Gasteiger partial charge is 0.436 e. The molecule has 0 atom stereocenters. The molecule has 0 aliphatic carbocycles. The molecule has 0 fully saturated rings. The second-order valence-corrected chi connectivity index (χ2v) is 8.42. The third-order valence-electron chi connectivity index (χ3n) is 5.33. The summed E-state index contributed by atoms with van der Waals surface area (Å²) < 4.78 is 45.8. The highest BCUT2D eigenvalue weighted by atomic mass is 35.5. The van der Waals surface area contributed by atoms with Gasteiger partial charge >= 0.3 is 6.18 Å². The number of hydrogen-bond acceptors (Lipinski definition) is 5. The zero-order valence-corrected chi connectivity index (χ0v) is 20.0. The maximum absolute atomic E-state index is 13.0. The third-order valence-corrected chi connectivity index (χ3v) is 5.78. The van der Waals surface area contributed by atoms with Crippen LogP contribution in [0, 0.1) is 37.8 Å². The predicted octanol–water partition coefficient (Wildman–Crippen LogP) is 6.52. The van der Waals surface area contributed by atoms with Crippen LogP contribution in [0.4, 0.5) is 24.5 Å². The number of benzene rings is 2. The van der Waals surface area contributed by atoms with Crippen molar-refractivity contribution >= 4 is 28.9 Å². The van der Waals surface area contributed by atoms with Gasteiger partial charge in [-0.1, -0.05) is 17.7 Å². The Balaban J connectivity index is 1.78. The van der Waals surface area contributed by atoms with E-state index in [1.165, 1.54) is 19.1 Å². The first-order valence-electron chi connectivity index (χ1n) is 10.4. The summed E-state index contributed by atoms with van der Waals surface area (Å²) in [5.41, 5.74) is 1.45. The number of nitrogens with one attached hydrogen (secondary N) is 1. The molecule has 0 bridgehead atoms. The minimum absolute atomic E-state index is 0.0710. The summed E-state index contributed by atoms with van der Waals surface area (Å²) in [5, 5.41) is 16.8. The Morgan fingerprint density at radius 1 is 1.17 bits per heavy atom. The number of aromatic nitrogens is 2. The maximum atomic E-state index is 13.0. The summed E-state index contributed by atoms with van der Waals surface area (Å²) in [5.74, 6) is 0.0810. The highest BCUT2D eigenvalue weighted by Gasteiger charge is 2.38. The van der Waals surface area contributed by atoms with Crippen LogP contribution in [0.2, 0.25) is 5.02 Å². The van der Waals surface area contributed by atoms with Gasteiger partial charge in [-0.3, -0.25) is 19.6 Å². The molecule has 35 heavy (non-hydrogen) atoms. The van der Waals surface area contributed by atoms with Gasteiger partial charge in [0.15, 0.2) is 5.69 Å². The molecule has 0 saturated carbocycles. The number of carbonyl (C=O) groups is 1. The van der Waals surface area contributed by atoms with Gasteiger partial charge in [0, 0.05) is 18.6 Å². The Morgan fingerprint density at radius 3 is 2.46 bits per heavy atom. The fourth-order valence-electron chi connectivity index (χ4n) is 3.41. The zero-order valence-electron chi connectivity index (χ0n) is 19.3. The Labute approximate surface area is 203 Å². The van der Waals surface area contributed by atoms with Crippen molar-refractivity contribution in [3.63, 3.8) is 0 Å². The van der Waals surface area contributed by atoms with Crippen LogP contribution < -0.4 is 10.1 Å². The summed E-state index contributed by atoms with van der Waals surface area (Å²) >= 11 is 5.72. The lowest BCUT2D eigenvalue weighted by atomic mass is 10.1. The van der Waals surface area contributed by atoms with Crippen molar-refractivity contribution in [1.82, 2.24) is 9.78 Å². The van der Waals surface area contributed by atoms with E-state index >= 15 is 0 Å². The van der Waals surface area contributed by atoms with E-state index in [1.54, 1.807) is 6.07 Å². The second-order valence-electron chi connectivity index (χ2n) is 8.05. The zero-order chi connectivity index (χ0) is 26.1. The van der Waals surface area contributed by atoms with E-state index in [2.05, 4.69) is 10.4 Å². The highest BCUT2D eigenvalue weighted by molar-refractivity contribution is 6.31. The number of amides is 1. The molecule has 8 nitrogen and oxygen atoms in total. The first-order valence-corrected chi connectivity index (χ1v) is 10.8. The lowest BCUT2D eigenvalue weighted by Crippen LogP contribution is -2.16. The fourth-order valence-corrected chi connectivity index (χ4v) is 3.65. The van der Waals surface area contributed by atoms with E-state index in [1.807, 2.05) is 26.8 Å². The number of carbonyl (C=O) groups excluding carboxylic acids is 1. The average molecular weight is 511 g/mol. The molecule has 0 radical (unpaired) electrons. The van der Waals surface area contributed by atoms with Gasteiger partial charge in [0.25, 0.3) is 5.69 Å². The van der Waals surface area contributed by atoms with Gasteiger partial charge in [-0.15, -0.1) is 0 Å². The van der Waals surface area contributed by atoms with Crippen LogP contribution in [0.3, 0.4) is 0 Å². The summed E-state index contributed by atoms with van der Waals surface area (Å²) in [6.45, 7) is 6.86. The van der Waals surface area contributed by atoms with E-state index in [9.17, 15) is 28.1 Å². The molecule has 1 amide bonds. The van der Waals surface area contributed by atoms with Gasteiger partial charge in [0.05, 0.1) is 33.9 Å². The lowest BCUT2D eigenvalue weighted by Gasteiger charge is -2.13. The van der Waals surface area contributed by atoms with Crippen molar-refractivity contribution in [3.8, 4) is 11.5 Å².